The monoisotopic (exact) mass is 182 g/mol. The van der Waals surface area contributed by atoms with Gasteiger partial charge >= 0.3 is 0 Å². The van der Waals surface area contributed by atoms with Crippen LogP contribution in [0.2, 0.25) is 0 Å². The van der Waals surface area contributed by atoms with E-state index >= 15 is 0 Å². The first-order valence-corrected chi connectivity index (χ1v) is 5.60. The van der Waals surface area contributed by atoms with E-state index in [0.29, 0.717) is 0 Å². The fourth-order valence-electron chi connectivity index (χ4n) is 1.77. The normalized spacial score (nSPS) is 16.5. The average Bonchev–Trinajstić information content (AvgIpc) is 2.52. The minimum Gasteiger partial charge on any atom is -0.359 e. The third-order valence-electron chi connectivity index (χ3n) is 2.70. The first kappa shape index (κ1) is 10.6. The molecular weight excluding hydrogens is 160 g/mol. The Morgan fingerprint density at radius 3 is 2.62 bits per heavy atom. The van der Waals surface area contributed by atoms with Crippen molar-refractivity contribution in [2.45, 2.75) is 46.0 Å². The molecule has 0 spiro atoms. The molecule has 1 aliphatic rings. The van der Waals surface area contributed by atoms with Crippen LogP contribution < -0.4 is 0 Å². The van der Waals surface area contributed by atoms with E-state index in [9.17, 15) is 0 Å². The first-order valence-electron chi connectivity index (χ1n) is 5.60. The summed E-state index contributed by atoms with van der Waals surface area (Å²) in [6, 6.07) is 0. The second-order valence-corrected chi connectivity index (χ2v) is 3.83. The number of hydrogen-bond acceptors (Lipinski definition) is 2. The van der Waals surface area contributed by atoms with Crippen LogP contribution in [0.25, 0.3) is 0 Å². The van der Waals surface area contributed by atoms with Gasteiger partial charge in [-0.3, -0.25) is 4.99 Å². The highest BCUT2D eigenvalue weighted by molar-refractivity contribution is 5.81. The van der Waals surface area contributed by atoms with E-state index < -0.39 is 0 Å². The Kier molecular flexibility index (Phi) is 4.87. The first-order chi connectivity index (χ1) is 6.34. The molecule has 0 aliphatic carbocycles. The van der Waals surface area contributed by atoms with Gasteiger partial charge in [0.15, 0.2) is 0 Å². The van der Waals surface area contributed by atoms with Gasteiger partial charge in [-0.25, -0.2) is 0 Å². The van der Waals surface area contributed by atoms with Gasteiger partial charge in [-0.15, -0.1) is 0 Å². The van der Waals surface area contributed by atoms with Crippen molar-refractivity contribution in [2.75, 3.05) is 19.6 Å². The van der Waals surface area contributed by atoms with Crippen molar-refractivity contribution in [2.24, 2.45) is 4.99 Å². The Bertz CT molecular complexity index is 163. The Hall–Kier alpha value is -0.530. The van der Waals surface area contributed by atoms with Crippen molar-refractivity contribution in [1.82, 2.24) is 4.90 Å². The van der Waals surface area contributed by atoms with Gasteiger partial charge < -0.3 is 4.90 Å². The van der Waals surface area contributed by atoms with Gasteiger partial charge in [0.1, 0.15) is 0 Å². The molecule has 13 heavy (non-hydrogen) atoms. The van der Waals surface area contributed by atoms with Gasteiger partial charge in [0, 0.05) is 13.1 Å². The molecular formula is C11H22N2. The van der Waals surface area contributed by atoms with Crippen molar-refractivity contribution in [1.29, 1.82) is 0 Å². The van der Waals surface area contributed by atoms with E-state index in [-0.39, 0.29) is 0 Å². The molecule has 0 radical (unpaired) electrons. The minimum absolute atomic E-state index is 1.01. The highest BCUT2D eigenvalue weighted by atomic mass is 15.2. The van der Waals surface area contributed by atoms with Crippen LogP contribution in [0.4, 0.5) is 0 Å². The third-order valence-corrected chi connectivity index (χ3v) is 2.70. The van der Waals surface area contributed by atoms with Gasteiger partial charge in [0.05, 0.1) is 12.4 Å². The summed E-state index contributed by atoms with van der Waals surface area (Å²) < 4.78 is 0. The van der Waals surface area contributed by atoms with Gasteiger partial charge in [-0.2, -0.15) is 0 Å². The molecule has 0 aromatic heterocycles. The molecule has 0 saturated heterocycles. The van der Waals surface area contributed by atoms with Gasteiger partial charge in [0.2, 0.25) is 0 Å². The van der Waals surface area contributed by atoms with Crippen LogP contribution in [0.5, 0.6) is 0 Å². The molecule has 1 rings (SSSR count). The van der Waals surface area contributed by atoms with Crippen LogP contribution >= 0.6 is 0 Å². The molecule has 0 N–H and O–H groups in total. The topological polar surface area (TPSA) is 15.6 Å². The van der Waals surface area contributed by atoms with Crippen LogP contribution in [0.3, 0.4) is 0 Å². The van der Waals surface area contributed by atoms with E-state index in [2.05, 4.69) is 23.7 Å². The van der Waals surface area contributed by atoms with Crippen LogP contribution in [0.1, 0.15) is 46.0 Å². The summed E-state index contributed by atoms with van der Waals surface area (Å²) in [4.78, 5) is 6.78. The summed E-state index contributed by atoms with van der Waals surface area (Å²) in [5.41, 5.74) is 0. The minimum atomic E-state index is 1.01. The van der Waals surface area contributed by atoms with Crippen molar-refractivity contribution in [3.05, 3.63) is 0 Å². The van der Waals surface area contributed by atoms with E-state index in [0.717, 1.165) is 13.1 Å². The Balaban J connectivity index is 1.97. The van der Waals surface area contributed by atoms with E-state index in [1.165, 1.54) is 44.5 Å². The summed E-state index contributed by atoms with van der Waals surface area (Å²) in [5, 5.41) is 0. The van der Waals surface area contributed by atoms with Gasteiger partial charge in [0.25, 0.3) is 0 Å². The number of rotatable bonds is 6. The summed E-state index contributed by atoms with van der Waals surface area (Å²) in [7, 11) is 0. The SMILES string of the molecule is CCCCCCCN1CCN=C1C. The van der Waals surface area contributed by atoms with Crippen LogP contribution in [0, 0.1) is 0 Å². The second-order valence-electron chi connectivity index (χ2n) is 3.83. The largest absolute Gasteiger partial charge is 0.359 e. The number of hydrogen-bond donors (Lipinski definition) is 0. The van der Waals surface area contributed by atoms with E-state index in [1.807, 2.05) is 0 Å². The summed E-state index contributed by atoms with van der Waals surface area (Å²) in [5.74, 6) is 1.25. The lowest BCUT2D eigenvalue weighted by atomic mass is 10.1. The van der Waals surface area contributed by atoms with Crippen molar-refractivity contribution >= 4 is 5.84 Å². The quantitative estimate of drug-likeness (QED) is 0.577. The molecule has 0 atom stereocenters. The third kappa shape index (κ3) is 3.79. The molecule has 2 nitrogen and oxygen atoms in total. The Morgan fingerprint density at radius 1 is 1.23 bits per heavy atom. The standard InChI is InChI=1S/C11H22N2/c1-3-4-5-6-7-9-13-10-8-12-11(13)2/h3-10H2,1-2H3. The maximum absolute atomic E-state index is 4.38. The summed E-state index contributed by atoms with van der Waals surface area (Å²) in [6.07, 6.45) is 6.86. The van der Waals surface area contributed by atoms with Gasteiger partial charge in [-0.1, -0.05) is 32.6 Å². The molecule has 0 amide bonds. The maximum Gasteiger partial charge on any atom is 0.0958 e. The predicted molar refractivity (Wildman–Crippen MR) is 58.3 cm³/mol. The molecule has 76 valence electrons. The molecule has 0 aromatic rings. The van der Waals surface area contributed by atoms with Crippen molar-refractivity contribution in [3.63, 3.8) is 0 Å². The molecule has 0 fully saturated rings. The average molecular weight is 182 g/mol. The molecule has 0 saturated carbocycles. The predicted octanol–water partition coefficient (Wildman–Crippen LogP) is 2.69. The molecule has 0 unspecified atom stereocenters. The molecule has 0 aromatic carbocycles. The van der Waals surface area contributed by atoms with Crippen LogP contribution in [-0.4, -0.2) is 30.4 Å². The van der Waals surface area contributed by atoms with Crippen molar-refractivity contribution in [3.8, 4) is 0 Å². The Labute approximate surface area is 82.0 Å². The molecule has 0 bridgehead atoms. The smallest absolute Gasteiger partial charge is 0.0958 e. The highest BCUT2D eigenvalue weighted by Gasteiger charge is 2.10. The lowest BCUT2D eigenvalue weighted by molar-refractivity contribution is 0.430. The fourth-order valence-corrected chi connectivity index (χ4v) is 1.77. The van der Waals surface area contributed by atoms with Crippen LogP contribution in [0.15, 0.2) is 4.99 Å². The summed E-state index contributed by atoms with van der Waals surface area (Å²) >= 11 is 0. The zero-order valence-corrected chi connectivity index (χ0v) is 9.05. The lowest BCUT2D eigenvalue weighted by Crippen LogP contribution is -2.26. The number of aliphatic imine (C=N–C) groups is 1. The van der Waals surface area contributed by atoms with E-state index in [4.69, 9.17) is 0 Å². The molecule has 1 heterocycles. The summed E-state index contributed by atoms with van der Waals surface area (Å²) in [6.45, 7) is 7.77. The Morgan fingerprint density at radius 2 is 2.00 bits per heavy atom. The second kappa shape index (κ2) is 6.01. The van der Waals surface area contributed by atoms with E-state index in [1.54, 1.807) is 0 Å². The zero-order chi connectivity index (χ0) is 9.52. The molecule has 2 heteroatoms. The zero-order valence-electron chi connectivity index (χ0n) is 9.05. The lowest BCUT2D eigenvalue weighted by Gasteiger charge is -2.17. The van der Waals surface area contributed by atoms with Crippen LogP contribution in [-0.2, 0) is 0 Å². The number of nitrogens with zero attached hydrogens (tertiary/aromatic N) is 2. The number of unbranched alkanes of at least 4 members (excludes halogenated alkanes) is 4. The molecule has 1 aliphatic heterocycles. The maximum atomic E-state index is 4.38. The van der Waals surface area contributed by atoms with Crippen molar-refractivity contribution < 1.29 is 0 Å². The van der Waals surface area contributed by atoms with Gasteiger partial charge in [-0.05, 0) is 13.3 Å². The fraction of sp³-hybridized carbons (Fsp3) is 0.909. The highest BCUT2D eigenvalue weighted by Crippen LogP contribution is 2.06. The number of amidine groups is 1.